The molecule has 0 unspecified atom stereocenters. The summed E-state index contributed by atoms with van der Waals surface area (Å²) < 4.78 is 11.6. The van der Waals surface area contributed by atoms with E-state index >= 15 is 9.59 Å². The van der Waals surface area contributed by atoms with Gasteiger partial charge < -0.3 is 36.9 Å². The Morgan fingerprint density at radius 3 is 1.03 bits per heavy atom. The van der Waals surface area contributed by atoms with Crippen LogP contribution in [-0.4, -0.2) is 120 Å². The third-order valence-corrected chi connectivity index (χ3v) is 11.8. The van der Waals surface area contributed by atoms with Gasteiger partial charge in [0.05, 0.1) is 24.2 Å². The quantitative estimate of drug-likeness (QED) is 0.0687. The first-order valence-corrected chi connectivity index (χ1v) is 24.5. The molecule has 0 radical (unpaired) electrons. The fourth-order valence-corrected chi connectivity index (χ4v) is 8.39. The normalized spacial score (nSPS) is 15.2. The number of amides is 6. The standard InChI is InChI=1S/C56H76N6O10/c1-35(2)45(61(53(69)71-55(5,6)7)49(65)42(58)32-38-25-17-12-18-26-38)51(67)60(44(34-40-29-21-14-22-30-40)48(64)47(63)41(57)31-37-23-15-11-16-24-37)52(68)46(36(3)4)62(54(70)72-56(8,9)10)50(66)43(59)33-39-27-19-13-20-28-39/h11-30,35-36,41-48,63-64H,31-34,57-59H2,1-10H3/t41-,42+,43+,44-,45+,46+,47+,48+/m1/s1. The Balaban J connectivity index is 2.06. The molecule has 6 amide bonds. The zero-order chi connectivity index (χ0) is 53.7. The van der Waals surface area contributed by atoms with Crippen LogP contribution in [0.2, 0.25) is 0 Å². The molecule has 4 aromatic carbocycles. The average molecular weight is 993 g/mol. The monoisotopic (exact) mass is 993 g/mol. The lowest BCUT2D eigenvalue weighted by Crippen LogP contribution is -2.68. The van der Waals surface area contributed by atoms with Gasteiger partial charge in [-0.2, -0.15) is 0 Å². The fourth-order valence-electron chi connectivity index (χ4n) is 8.39. The number of ether oxygens (including phenoxy) is 2. The highest BCUT2D eigenvalue weighted by Gasteiger charge is 2.52. The van der Waals surface area contributed by atoms with E-state index in [0.717, 1.165) is 5.56 Å². The van der Waals surface area contributed by atoms with Crippen LogP contribution in [0, 0.1) is 11.8 Å². The molecule has 16 heteroatoms. The Kier molecular flexibility index (Phi) is 21.0. The molecule has 0 heterocycles. The summed E-state index contributed by atoms with van der Waals surface area (Å²) in [6.07, 6.45) is -6.76. The number of hydrogen-bond acceptors (Lipinski definition) is 13. The van der Waals surface area contributed by atoms with Crippen molar-refractivity contribution in [1.29, 1.82) is 0 Å². The smallest absolute Gasteiger partial charge is 0.417 e. The summed E-state index contributed by atoms with van der Waals surface area (Å²) in [6, 6.07) is 25.5. The van der Waals surface area contributed by atoms with Crippen LogP contribution >= 0.6 is 0 Å². The van der Waals surface area contributed by atoms with Gasteiger partial charge in [0, 0.05) is 6.04 Å². The van der Waals surface area contributed by atoms with Crippen LogP contribution in [0.5, 0.6) is 0 Å². The van der Waals surface area contributed by atoms with Crippen LogP contribution in [0.1, 0.15) is 91.5 Å². The Hall–Kier alpha value is -6.30. The van der Waals surface area contributed by atoms with Gasteiger partial charge in [-0.25, -0.2) is 19.4 Å². The van der Waals surface area contributed by atoms with Crippen LogP contribution in [0.15, 0.2) is 121 Å². The van der Waals surface area contributed by atoms with Crippen molar-refractivity contribution in [2.75, 3.05) is 0 Å². The Morgan fingerprint density at radius 2 is 0.736 bits per heavy atom. The van der Waals surface area contributed by atoms with Crippen LogP contribution in [0.4, 0.5) is 9.59 Å². The predicted octanol–water partition coefficient (Wildman–Crippen LogP) is 5.96. The van der Waals surface area contributed by atoms with Gasteiger partial charge in [-0.3, -0.25) is 24.1 Å². The van der Waals surface area contributed by atoms with Crippen molar-refractivity contribution in [2.24, 2.45) is 29.0 Å². The maximum absolute atomic E-state index is 16.2. The molecule has 0 bridgehead atoms. The highest BCUT2D eigenvalue weighted by atomic mass is 16.6. The number of rotatable bonds is 20. The second-order valence-electron chi connectivity index (χ2n) is 21.0. The molecule has 8 atom stereocenters. The van der Waals surface area contributed by atoms with Crippen molar-refractivity contribution < 1.29 is 48.5 Å². The molecule has 0 saturated carbocycles. The van der Waals surface area contributed by atoms with Crippen molar-refractivity contribution in [3.05, 3.63) is 144 Å². The van der Waals surface area contributed by atoms with E-state index < -0.39 is 107 Å². The first kappa shape index (κ1) is 58.3. The van der Waals surface area contributed by atoms with E-state index in [2.05, 4.69) is 0 Å². The van der Waals surface area contributed by atoms with E-state index in [1.54, 1.807) is 191 Å². The number of nitrogens with zero attached hydrogens (tertiary/aromatic N) is 3. The van der Waals surface area contributed by atoms with Crippen molar-refractivity contribution >= 4 is 35.8 Å². The maximum Gasteiger partial charge on any atom is 0.417 e. The maximum atomic E-state index is 16.2. The highest BCUT2D eigenvalue weighted by Crippen LogP contribution is 2.29. The van der Waals surface area contributed by atoms with Gasteiger partial charge in [0.2, 0.25) is 11.8 Å². The van der Waals surface area contributed by atoms with Crippen molar-refractivity contribution in [3.63, 3.8) is 0 Å². The van der Waals surface area contributed by atoms with Gasteiger partial charge in [-0.15, -0.1) is 0 Å². The minimum absolute atomic E-state index is 0.0582. The molecule has 0 saturated heterocycles. The highest BCUT2D eigenvalue weighted by molar-refractivity contribution is 6.08. The summed E-state index contributed by atoms with van der Waals surface area (Å²) in [6.45, 7) is 15.6. The van der Waals surface area contributed by atoms with Crippen molar-refractivity contribution in [1.82, 2.24) is 14.7 Å². The molecule has 390 valence electrons. The number of hydrogen-bond donors (Lipinski definition) is 5. The summed E-state index contributed by atoms with van der Waals surface area (Å²) in [5, 5.41) is 24.8. The summed E-state index contributed by atoms with van der Waals surface area (Å²) in [5.41, 5.74) is 20.0. The van der Waals surface area contributed by atoms with Crippen LogP contribution in [0.3, 0.4) is 0 Å². The number of benzene rings is 4. The van der Waals surface area contributed by atoms with Gasteiger partial charge in [0.1, 0.15) is 29.4 Å². The lowest BCUT2D eigenvalue weighted by molar-refractivity contribution is -0.166. The van der Waals surface area contributed by atoms with E-state index in [1.165, 1.54) is 0 Å². The second-order valence-corrected chi connectivity index (χ2v) is 21.0. The van der Waals surface area contributed by atoms with Crippen LogP contribution < -0.4 is 17.2 Å². The summed E-state index contributed by atoms with van der Waals surface area (Å²) in [7, 11) is 0. The summed E-state index contributed by atoms with van der Waals surface area (Å²) in [4.78, 5) is 93.3. The third-order valence-electron chi connectivity index (χ3n) is 11.8. The summed E-state index contributed by atoms with van der Waals surface area (Å²) >= 11 is 0. The fraction of sp³-hybridized carbons (Fsp3) is 0.464. The van der Waals surface area contributed by atoms with Gasteiger partial charge in [-0.05, 0) is 101 Å². The number of imide groups is 3. The molecule has 4 rings (SSSR count). The lowest BCUT2D eigenvalue weighted by atomic mass is 9.88. The van der Waals surface area contributed by atoms with Gasteiger partial charge in [0.15, 0.2) is 0 Å². The van der Waals surface area contributed by atoms with E-state index in [-0.39, 0.29) is 25.7 Å². The topological polar surface area (TPSA) is 249 Å². The molecule has 0 spiro atoms. The van der Waals surface area contributed by atoms with E-state index in [1.807, 2.05) is 0 Å². The Labute approximate surface area is 424 Å². The summed E-state index contributed by atoms with van der Waals surface area (Å²) in [5.74, 6) is -6.46. The largest absolute Gasteiger partial charge is 0.443 e. The zero-order valence-electron chi connectivity index (χ0n) is 43.4. The SMILES string of the molecule is CC(C)[C@@H](C(=O)N(C(=O)[C@H](C(C)C)N(C(=O)OC(C)(C)C)C(=O)[C@@H](N)Cc1ccccc1)[C@H](Cc1ccccc1)[C@H](O)[C@@H](O)[C@H](N)Cc1ccccc1)N(C(=O)OC(C)(C)C)C(=O)[C@@H](N)Cc1ccccc1. The molecule has 4 aromatic rings. The van der Waals surface area contributed by atoms with Crippen molar-refractivity contribution in [2.45, 2.75) is 155 Å². The molecule has 16 nitrogen and oxygen atoms in total. The molecule has 0 aliphatic heterocycles. The number of aliphatic hydroxyl groups is 2. The third kappa shape index (κ3) is 16.4. The average Bonchev–Trinajstić information content (AvgIpc) is 3.30. The van der Waals surface area contributed by atoms with E-state index in [0.29, 0.717) is 31.4 Å². The first-order chi connectivity index (χ1) is 33.7. The Morgan fingerprint density at radius 1 is 0.444 bits per heavy atom. The predicted molar refractivity (Wildman–Crippen MR) is 276 cm³/mol. The van der Waals surface area contributed by atoms with Crippen molar-refractivity contribution in [3.8, 4) is 0 Å². The molecule has 0 fully saturated rings. The lowest BCUT2D eigenvalue weighted by Gasteiger charge is -2.44. The molecular weight excluding hydrogens is 917 g/mol. The molecule has 0 aliphatic carbocycles. The van der Waals surface area contributed by atoms with Crippen LogP contribution in [-0.2, 0) is 54.3 Å². The molecule has 0 aromatic heterocycles. The molecule has 0 aliphatic rings. The first-order valence-electron chi connectivity index (χ1n) is 24.5. The number of nitrogens with two attached hydrogens (primary N) is 3. The van der Waals surface area contributed by atoms with E-state index in [4.69, 9.17) is 26.7 Å². The second kappa shape index (κ2) is 25.9. The van der Waals surface area contributed by atoms with Gasteiger partial charge in [-0.1, -0.05) is 149 Å². The molecule has 8 N–H and O–H groups in total. The van der Waals surface area contributed by atoms with Gasteiger partial charge >= 0.3 is 12.2 Å². The number of carbonyl (C=O) groups is 6. The minimum Gasteiger partial charge on any atom is -0.443 e. The number of carbonyl (C=O) groups excluding carboxylic acids is 6. The van der Waals surface area contributed by atoms with E-state index in [9.17, 15) is 29.4 Å². The minimum atomic E-state index is -2.03. The zero-order valence-corrected chi connectivity index (χ0v) is 43.4. The molecular formula is C56H76N6O10. The number of aliphatic hydroxyl groups excluding tert-OH is 2. The Bertz CT molecular complexity index is 2280. The molecule has 72 heavy (non-hydrogen) atoms. The van der Waals surface area contributed by atoms with Gasteiger partial charge in [0.25, 0.3) is 11.8 Å². The van der Waals surface area contributed by atoms with Crippen LogP contribution in [0.25, 0.3) is 0 Å².